The monoisotopic (exact) mass is 420 g/mol. The number of halogens is 1. The summed E-state index contributed by atoms with van der Waals surface area (Å²) in [6.45, 7) is 5.85. The van der Waals surface area contributed by atoms with Gasteiger partial charge in [0.05, 0.1) is 17.3 Å². The first-order valence-corrected chi connectivity index (χ1v) is 9.72. The molecular weight excluding hydrogens is 396 g/mol. The Hall–Kier alpha value is -2.52. The lowest BCUT2D eigenvalue weighted by Gasteiger charge is -2.34. The second-order valence-corrected chi connectivity index (χ2v) is 8.69. The highest BCUT2D eigenvalue weighted by molar-refractivity contribution is 6.30. The molecule has 29 heavy (non-hydrogen) atoms. The minimum Gasteiger partial charge on any atom is -0.391 e. The zero-order valence-electron chi connectivity index (χ0n) is 16.8. The normalized spacial score (nSPS) is 20.6. The highest BCUT2D eigenvalue weighted by Crippen LogP contribution is 2.35. The Morgan fingerprint density at radius 3 is 2.69 bits per heavy atom. The number of amides is 2. The minimum absolute atomic E-state index is 0.100. The molecule has 3 rings (SSSR count). The smallest absolute Gasteiger partial charge is 0.248 e. The van der Waals surface area contributed by atoms with Crippen LogP contribution in [0.2, 0.25) is 5.02 Å². The van der Waals surface area contributed by atoms with Gasteiger partial charge < -0.3 is 15.3 Å². The summed E-state index contributed by atoms with van der Waals surface area (Å²) in [7, 11) is 1.51. The molecule has 1 fully saturated rings. The van der Waals surface area contributed by atoms with Gasteiger partial charge in [0, 0.05) is 38.0 Å². The average molecular weight is 421 g/mol. The fraction of sp³-hybridized carbons (Fsp3) is 0.526. The van der Waals surface area contributed by atoms with Crippen LogP contribution in [0.3, 0.4) is 0 Å². The Bertz CT molecular complexity index is 909. The van der Waals surface area contributed by atoms with E-state index in [1.165, 1.54) is 22.8 Å². The molecular formula is C19H25ClN6O3. The number of hydrogen-bond donors (Lipinski definition) is 2. The molecule has 2 aromatic rings. The van der Waals surface area contributed by atoms with E-state index in [0.717, 1.165) is 0 Å². The standard InChI is InChI=1S/C19H25ClN6O3/c1-19(2,3)16(18(29)25-9-13(27)6-15(25)17(28)21-4)26-10-14(23-24-26)11-5-12(20)8-22-7-11/h5,7-8,10,13,15-16,27H,6,9H2,1-4H3,(H,21,28)/t13-,15+,16-/m1/s1. The Balaban J connectivity index is 1.95. The molecule has 2 N–H and O–H groups in total. The van der Waals surface area contributed by atoms with E-state index < -0.39 is 23.6 Å². The first-order valence-electron chi connectivity index (χ1n) is 9.34. The molecule has 1 saturated heterocycles. The molecule has 1 aliphatic heterocycles. The number of aliphatic hydroxyl groups is 1. The number of pyridine rings is 1. The van der Waals surface area contributed by atoms with E-state index in [2.05, 4.69) is 20.6 Å². The number of likely N-dealkylation sites (tertiary alicyclic amines) is 1. The topological polar surface area (TPSA) is 113 Å². The van der Waals surface area contributed by atoms with Crippen molar-refractivity contribution in [2.45, 2.75) is 45.4 Å². The third-order valence-corrected chi connectivity index (χ3v) is 5.15. The summed E-state index contributed by atoms with van der Waals surface area (Å²) in [5.41, 5.74) is 0.699. The predicted octanol–water partition coefficient (Wildman–Crippen LogP) is 1.29. The van der Waals surface area contributed by atoms with Gasteiger partial charge in [0.2, 0.25) is 11.8 Å². The van der Waals surface area contributed by atoms with E-state index in [1.54, 1.807) is 18.5 Å². The Labute approximate surface area is 174 Å². The van der Waals surface area contributed by atoms with Gasteiger partial charge in [0.15, 0.2) is 0 Å². The Kier molecular flexibility index (Phi) is 5.90. The highest BCUT2D eigenvalue weighted by Gasteiger charge is 2.45. The van der Waals surface area contributed by atoms with E-state index >= 15 is 0 Å². The van der Waals surface area contributed by atoms with Crippen molar-refractivity contribution in [3.05, 3.63) is 29.7 Å². The van der Waals surface area contributed by atoms with Gasteiger partial charge in [-0.2, -0.15) is 0 Å². The van der Waals surface area contributed by atoms with Crippen molar-refractivity contribution in [2.24, 2.45) is 5.41 Å². The molecule has 0 radical (unpaired) electrons. The SMILES string of the molecule is CNC(=O)[C@@H]1C[C@@H](O)CN1C(=O)[C@@H](n1cc(-c2cncc(Cl)c2)nn1)C(C)(C)C. The molecule has 0 saturated carbocycles. The number of hydrogen-bond acceptors (Lipinski definition) is 6. The van der Waals surface area contributed by atoms with E-state index in [-0.39, 0.29) is 24.8 Å². The van der Waals surface area contributed by atoms with Crippen molar-refractivity contribution < 1.29 is 14.7 Å². The first kappa shape index (κ1) is 21.2. The number of carbonyl (C=O) groups is 2. The van der Waals surface area contributed by atoms with Crippen LogP contribution in [0.25, 0.3) is 11.3 Å². The van der Waals surface area contributed by atoms with Gasteiger partial charge in [-0.3, -0.25) is 14.6 Å². The molecule has 0 bridgehead atoms. The van der Waals surface area contributed by atoms with Crippen LogP contribution >= 0.6 is 11.6 Å². The maximum Gasteiger partial charge on any atom is 0.248 e. The highest BCUT2D eigenvalue weighted by atomic mass is 35.5. The van der Waals surface area contributed by atoms with E-state index in [4.69, 9.17) is 11.6 Å². The molecule has 0 aliphatic carbocycles. The summed E-state index contributed by atoms with van der Waals surface area (Å²) in [6, 6.07) is 0.288. The zero-order chi connectivity index (χ0) is 21.3. The molecule has 0 unspecified atom stereocenters. The second kappa shape index (κ2) is 8.08. The van der Waals surface area contributed by atoms with Gasteiger partial charge in [0.25, 0.3) is 0 Å². The van der Waals surface area contributed by atoms with Gasteiger partial charge in [-0.1, -0.05) is 37.6 Å². The minimum atomic E-state index is -0.745. The second-order valence-electron chi connectivity index (χ2n) is 8.25. The number of nitrogens with zero attached hydrogens (tertiary/aromatic N) is 5. The predicted molar refractivity (Wildman–Crippen MR) is 107 cm³/mol. The summed E-state index contributed by atoms with van der Waals surface area (Å²) < 4.78 is 1.50. The number of aromatic nitrogens is 4. The molecule has 156 valence electrons. The van der Waals surface area contributed by atoms with Crippen LogP contribution in [-0.4, -0.2) is 67.5 Å². The molecule has 1 aliphatic rings. The first-order chi connectivity index (χ1) is 13.6. The number of rotatable bonds is 4. The molecule has 3 atom stereocenters. The van der Waals surface area contributed by atoms with Crippen molar-refractivity contribution in [2.75, 3.05) is 13.6 Å². The lowest BCUT2D eigenvalue weighted by Crippen LogP contribution is -2.49. The lowest BCUT2D eigenvalue weighted by atomic mass is 9.85. The van der Waals surface area contributed by atoms with E-state index in [9.17, 15) is 14.7 Å². The molecule has 3 heterocycles. The van der Waals surface area contributed by atoms with Crippen LogP contribution in [0.5, 0.6) is 0 Å². The van der Waals surface area contributed by atoms with Crippen molar-refractivity contribution in [1.82, 2.24) is 30.2 Å². The zero-order valence-corrected chi connectivity index (χ0v) is 17.6. The number of aliphatic hydroxyl groups excluding tert-OH is 1. The van der Waals surface area contributed by atoms with Crippen LogP contribution in [0.15, 0.2) is 24.7 Å². The lowest BCUT2D eigenvalue weighted by molar-refractivity contribution is -0.144. The van der Waals surface area contributed by atoms with Gasteiger partial charge in [-0.25, -0.2) is 4.68 Å². The number of carbonyl (C=O) groups excluding carboxylic acids is 2. The van der Waals surface area contributed by atoms with Gasteiger partial charge in [-0.15, -0.1) is 5.10 Å². The van der Waals surface area contributed by atoms with Gasteiger partial charge in [-0.05, 0) is 11.5 Å². The fourth-order valence-corrected chi connectivity index (χ4v) is 3.77. The van der Waals surface area contributed by atoms with Crippen LogP contribution in [0.4, 0.5) is 0 Å². The third kappa shape index (κ3) is 4.40. The van der Waals surface area contributed by atoms with Crippen LogP contribution < -0.4 is 5.32 Å². The van der Waals surface area contributed by atoms with Crippen LogP contribution in [0, 0.1) is 5.41 Å². The summed E-state index contributed by atoms with van der Waals surface area (Å²) >= 11 is 6.01. The molecule has 2 aromatic heterocycles. The van der Waals surface area contributed by atoms with Crippen molar-refractivity contribution in [3.8, 4) is 11.3 Å². The van der Waals surface area contributed by atoms with Crippen molar-refractivity contribution in [1.29, 1.82) is 0 Å². The summed E-state index contributed by atoms with van der Waals surface area (Å²) in [6.07, 6.45) is 4.27. The maximum absolute atomic E-state index is 13.5. The number of likely N-dealkylation sites (N-methyl/N-ethyl adjacent to an activating group) is 1. The van der Waals surface area contributed by atoms with Gasteiger partial charge >= 0.3 is 0 Å². The quantitative estimate of drug-likeness (QED) is 0.770. The van der Waals surface area contributed by atoms with E-state index in [0.29, 0.717) is 16.3 Å². The Morgan fingerprint density at radius 1 is 1.34 bits per heavy atom. The third-order valence-electron chi connectivity index (χ3n) is 4.94. The fourth-order valence-electron chi connectivity index (χ4n) is 3.60. The number of nitrogens with one attached hydrogen (secondary N) is 1. The molecule has 2 amide bonds. The van der Waals surface area contributed by atoms with Crippen LogP contribution in [0.1, 0.15) is 33.2 Å². The summed E-state index contributed by atoms with van der Waals surface area (Å²) in [4.78, 5) is 31.2. The van der Waals surface area contributed by atoms with Gasteiger partial charge in [0.1, 0.15) is 17.8 Å². The maximum atomic E-state index is 13.5. The van der Waals surface area contributed by atoms with Crippen molar-refractivity contribution in [3.63, 3.8) is 0 Å². The Morgan fingerprint density at radius 2 is 2.07 bits per heavy atom. The van der Waals surface area contributed by atoms with Crippen molar-refractivity contribution >= 4 is 23.4 Å². The summed E-state index contributed by atoms with van der Waals surface area (Å²) in [5, 5.41) is 21.5. The average Bonchev–Trinajstić information content (AvgIpc) is 3.27. The van der Waals surface area contributed by atoms with Crippen LogP contribution in [-0.2, 0) is 9.59 Å². The molecule has 9 nitrogen and oxygen atoms in total. The molecule has 0 spiro atoms. The number of β-amino-alcohol motifs (C(OH)–C–C–N with tert-alkyl or cyclic N) is 1. The largest absolute Gasteiger partial charge is 0.391 e. The summed E-state index contributed by atoms with van der Waals surface area (Å²) in [5.74, 6) is -0.588. The molecule has 10 heteroatoms. The van der Waals surface area contributed by atoms with E-state index in [1.807, 2.05) is 20.8 Å². The molecule has 0 aromatic carbocycles.